The Morgan fingerprint density at radius 2 is 1.89 bits per heavy atom. The van der Waals surface area contributed by atoms with Crippen LogP contribution in [-0.2, 0) is 24.3 Å². The zero-order valence-corrected chi connectivity index (χ0v) is 21.5. The van der Waals surface area contributed by atoms with Crippen LogP contribution in [0.5, 0.6) is 0 Å². The quantitative estimate of drug-likeness (QED) is 0.518. The molecule has 0 spiro atoms. The number of aliphatic hydroxyl groups is 1. The zero-order chi connectivity index (χ0) is 25.5. The topological polar surface area (TPSA) is 90.4 Å². The van der Waals surface area contributed by atoms with Crippen LogP contribution < -0.4 is 10.6 Å². The van der Waals surface area contributed by atoms with Crippen molar-refractivity contribution in [2.45, 2.75) is 58.3 Å². The lowest BCUT2D eigenvalue weighted by Crippen LogP contribution is -2.39. The van der Waals surface area contributed by atoms with Crippen molar-refractivity contribution in [2.24, 2.45) is 0 Å². The predicted molar refractivity (Wildman–Crippen MR) is 144 cm³/mol. The van der Waals surface area contributed by atoms with Gasteiger partial charge in [-0.2, -0.15) is 0 Å². The van der Waals surface area contributed by atoms with Crippen molar-refractivity contribution >= 4 is 11.5 Å². The molecule has 0 saturated heterocycles. The van der Waals surface area contributed by atoms with Gasteiger partial charge in [-0.3, -0.25) is 4.79 Å². The van der Waals surface area contributed by atoms with Crippen LogP contribution in [0.15, 0.2) is 54.7 Å². The number of aromatic nitrogens is 2. The number of hydrogen-bond donors (Lipinski definition) is 3. The molecule has 0 amide bonds. The number of aliphatic hydroxyl groups excluding tert-OH is 1. The first-order chi connectivity index (χ1) is 17.4. The summed E-state index contributed by atoms with van der Waals surface area (Å²) in [5.74, 6) is 0.807. The summed E-state index contributed by atoms with van der Waals surface area (Å²) in [6.07, 6.45) is 3.61. The highest BCUT2D eigenvalue weighted by molar-refractivity contribution is 5.84. The number of nitrogens with zero attached hydrogens (tertiary/aromatic N) is 3. The Bertz CT molecular complexity index is 1160. The van der Waals surface area contributed by atoms with Gasteiger partial charge >= 0.3 is 0 Å². The first-order valence-electron chi connectivity index (χ1n) is 12.8. The molecular weight excluding hydrogens is 450 g/mol. The van der Waals surface area contributed by atoms with Crippen molar-refractivity contribution in [1.29, 1.82) is 0 Å². The van der Waals surface area contributed by atoms with Gasteiger partial charge < -0.3 is 20.6 Å². The molecule has 0 unspecified atom stereocenters. The Morgan fingerprint density at radius 3 is 2.64 bits per heavy atom. The normalized spacial score (nSPS) is 17.8. The van der Waals surface area contributed by atoms with E-state index in [0.717, 1.165) is 53.4 Å². The second kappa shape index (κ2) is 12.2. The molecule has 2 aromatic carbocycles. The minimum absolute atomic E-state index is 0.0477. The van der Waals surface area contributed by atoms with Gasteiger partial charge in [0.25, 0.3) is 0 Å². The highest BCUT2D eigenvalue weighted by Crippen LogP contribution is 2.21. The summed E-state index contributed by atoms with van der Waals surface area (Å²) in [5.41, 5.74) is 6.35. The van der Waals surface area contributed by atoms with Gasteiger partial charge in [-0.05, 0) is 68.8 Å². The van der Waals surface area contributed by atoms with E-state index < -0.39 is 6.04 Å². The molecule has 0 aliphatic carbocycles. The van der Waals surface area contributed by atoms with Gasteiger partial charge in [-0.15, -0.1) is 0 Å². The van der Waals surface area contributed by atoms with E-state index in [0.29, 0.717) is 19.4 Å². The minimum Gasteiger partial charge on any atom is -0.394 e. The van der Waals surface area contributed by atoms with Crippen molar-refractivity contribution in [3.63, 3.8) is 0 Å². The molecule has 7 heteroatoms. The summed E-state index contributed by atoms with van der Waals surface area (Å²) in [6, 6.07) is 16.5. The molecule has 0 saturated carbocycles. The standard InChI is InChI=1S/C29H37N5O2/c1-20(2)32-25-14-22-13-23(15-25)17-31-27(19-35)28(36)5-4-12-34(3)18-21-6-8-24(9-7-21)26-10-11-30-29(16-22)33-26/h6-11,13-15,20,27,31-32,35H,4-5,12,16-19H2,1-3H3/t27-/m0/s1. The molecule has 3 aromatic rings. The number of nitrogens with one attached hydrogen (secondary N) is 2. The highest BCUT2D eigenvalue weighted by atomic mass is 16.3. The number of Topliss-reactive ketones (excluding diaryl/α,β-unsaturated/α-hetero) is 1. The first kappa shape index (κ1) is 25.9. The van der Waals surface area contributed by atoms with Crippen LogP contribution in [0.3, 0.4) is 0 Å². The van der Waals surface area contributed by atoms with Gasteiger partial charge in [0.2, 0.25) is 0 Å². The van der Waals surface area contributed by atoms with Gasteiger partial charge in [0.15, 0.2) is 5.78 Å². The molecule has 1 atom stereocenters. The van der Waals surface area contributed by atoms with Crippen molar-refractivity contribution in [2.75, 3.05) is 25.5 Å². The van der Waals surface area contributed by atoms with E-state index in [-0.39, 0.29) is 18.4 Å². The van der Waals surface area contributed by atoms with Crippen LogP contribution >= 0.6 is 0 Å². The van der Waals surface area contributed by atoms with Gasteiger partial charge in [0.1, 0.15) is 5.82 Å². The van der Waals surface area contributed by atoms with Crippen LogP contribution in [0.2, 0.25) is 0 Å². The molecule has 5 rings (SSSR count). The van der Waals surface area contributed by atoms with Crippen LogP contribution in [0.4, 0.5) is 5.69 Å². The van der Waals surface area contributed by atoms with E-state index in [4.69, 9.17) is 4.98 Å². The monoisotopic (exact) mass is 487 g/mol. The van der Waals surface area contributed by atoms with Crippen LogP contribution in [0, 0.1) is 0 Å². The van der Waals surface area contributed by atoms with Crippen molar-refractivity contribution < 1.29 is 9.90 Å². The molecule has 2 aliphatic heterocycles. The number of hydrogen-bond acceptors (Lipinski definition) is 7. The fourth-order valence-electron chi connectivity index (χ4n) is 4.60. The van der Waals surface area contributed by atoms with Crippen LogP contribution in [-0.4, -0.2) is 58.0 Å². The maximum absolute atomic E-state index is 12.8. The Morgan fingerprint density at radius 1 is 1.11 bits per heavy atom. The Kier molecular flexibility index (Phi) is 8.80. The zero-order valence-electron chi connectivity index (χ0n) is 21.5. The van der Waals surface area contributed by atoms with Gasteiger partial charge in [0.05, 0.1) is 18.3 Å². The van der Waals surface area contributed by atoms with Crippen LogP contribution in [0.25, 0.3) is 11.3 Å². The SMILES string of the molecule is CC(C)Nc1cc2cc(c1)Cc1nccc(n1)-c1ccc(cc1)CN(C)CCCC(=O)[C@H](CO)NC2. The summed E-state index contributed by atoms with van der Waals surface area (Å²) in [6.45, 7) is 6.12. The summed E-state index contributed by atoms with van der Waals surface area (Å²) in [4.78, 5) is 24.4. The maximum atomic E-state index is 12.8. The van der Waals surface area contributed by atoms with Gasteiger partial charge in [-0.1, -0.05) is 30.3 Å². The molecule has 190 valence electrons. The van der Waals surface area contributed by atoms with E-state index in [1.165, 1.54) is 5.56 Å². The Hall–Kier alpha value is -3.13. The average molecular weight is 488 g/mol. The fourth-order valence-corrected chi connectivity index (χ4v) is 4.60. The summed E-state index contributed by atoms with van der Waals surface area (Å²) in [7, 11) is 2.07. The largest absolute Gasteiger partial charge is 0.394 e. The second-order valence-electron chi connectivity index (χ2n) is 9.99. The third-order valence-electron chi connectivity index (χ3n) is 6.36. The van der Waals surface area contributed by atoms with Crippen molar-refractivity contribution in [3.05, 3.63) is 77.2 Å². The second-order valence-corrected chi connectivity index (χ2v) is 9.99. The predicted octanol–water partition coefficient (Wildman–Crippen LogP) is 3.80. The van der Waals surface area contributed by atoms with E-state index in [9.17, 15) is 9.90 Å². The summed E-state index contributed by atoms with van der Waals surface area (Å²) < 4.78 is 0. The first-order valence-corrected chi connectivity index (χ1v) is 12.8. The van der Waals surface area contributed by atoms with Crippen molar-refractivity contribution in [1.82, 2.24) is 20.2 Å². The lowest BCUT2D eigenvalue weighted by atomic mass is 10.0. The van der Waals surface area contributed by atoms with Crippen molar-refractivity contribution in [3.8, 4) is 11.3 Å². The Labute approximate surface area is 214 Å². The lowest BCUT2D eigenvalue weighted by Gasteiger charge is -2.19. The summed E-state index contributed by atoms with van der Waals surface area (Å²) >= 11 is 0. The molecule has 1 aromatic heterocycles. The molecule has 3 N–H and O–H groups in total. The van der Waals surface area contributed by atoms with E-state index in [1.807, 2.05) is 12.3 Å². The molecule has 0 radical (unpaired) electrons. The fraction of sp³-hybridized carbons (Fsp3) is 0.414. The maximum Gasteiger partial charge on any atom is 0.152 e. The van der Waals surface area contributed by atoms with Gasteiger partial charge in [-0.25, -0.2) is 9.97 Å². The number of carbonyl (C=O) groups is 1. The molecule has 6 bridgehead atoms. The molecule has 7 nitrogen and oxygen atoms in total. The highest BCUT2D eigenvalue weighted by Gasteiger charge is 2.17. The number of anilines is 1. The summed E-state index contributed by atoms with van der Waals surface area (Å²) in [5, 5.41) is 16.6. The molecule has 36 heavy (non-hydrogen) atoms. The van der Waals surface area contributed by atoms with Gasteiger partial charge in [0, 0.05) is 49.4 Å². The smallest absolute Gasteiger partial charge is 0.152 e. The van der Waals surface area contributed by atoms with E-state index in [2.05, 4.69) is 83.9 Å². The molecular formula is C29H37N5O2. The molecule has 0 fully saturated rings. The average Bonchev–Trinajstić information content (AvgIpc) is 2.84. The van der Waals surface area contributed by atoms with E-state index in [1.54, 1.807) is 0 Å². The number of rotatable bonds is 3. The lowest BCUT2D eigenvalue weighted by molar-refractivity contribution is -0.122. The number of benzene rings is 2. The molecule has 2 aliphatic rings. The Balaban J connectivity index is 1.67. The number of ketones is 1. The third-order valence-corrected chi connectivity index (χ3v) is 6.36. The van der Waals surface area contributed by atoms with E-state index >= 15 is 0 Å². The number of carbonyl (C=O) groups excluding carboxylic acids is 1. The van der Waals surface area contributed by atoms with Crippen LogP contribution in [0.1, 0.15) is 49.2 Å². The number of fused-ring (bicyclic) bond motifs is 10. The minimum atomic E-state index is -0.571. The third kappa shape index (κ3) is 7.20. The molecule has 3 heterocycles.